The standard InChI is InChI=1S/C14H17ClN4O2/c1-2-19-14(20)13(15)12(9-17-19)18-10-3-5-11(6-4-10)21-8-7-16/h3-6,9,18H,2,7-8,16H2,1H3. The van der Waals surface area contributed by atoms with Crippen LogP contribution in [-0.4, -0.2) is 22.9 Å². The molecule has 0 spiro atoms. The summed E-state index contributed by atoms with van der Waals surface area (Å²) in [6.45, 7) is 3.25. The molecule has 0 unspecified atom stereocenters. The van der Waals surface area contributed by atoms with Crippen LogP contribution < -0.4 is 21.3 Å². The molecule has 0 amide bonds. The molecule has 2 aromatic rings. The van der Waals surface area contributed by atoms with E-state index in [-0.39, 0.29) is 10.6 Å². The number of benzene rings is 1. The maximum Gasteiger partial charge on any atom is 0.287 e. The fourth-order valence-corrected chi connectivity index (χ4v) is 1.94. The first-order chi connectivity index (χ1) is 10.2. The van der Waals surface area contributed by atoms with Crippen molar-refractivity contribution in [3.05, 3.63) is 45.8 Å². The second kappa shape index (κ2) is 7.10. The van der Waals surface area contributed by atoms with E-state index in [1.54, 1.807) is 0 Å². The molecule has 2 rings (SSSR count). The average Bonchev–Trinajstić information content (AvgIpc) is 2.51. The zero-order valence-electron chi connectivity index (χ0n) is 11.7. The van der Waals surface area contributed by atoms with Gasteiger partial charge < -0.3 is 15.8 Å². The van der Waals surface area contributed by atoms with Crippen molar-refractivity contribution < 1.29 is 4.74 Å². The van der Waals surface area contributed by atoms with Gasteiger partial charge in [0.15, 0.2) is 0 Å². The van der Waals surface area contributed by atoms with Gasteiger partial charge in [0, 0.05) is 18.8 Å². The molecule has 0 aliphatic heterocycles. The first-order valence-corrected chi connectivity index (χ1v) is 6.99. The van der Waals surface area contributed by atoms with Crippen LogP contribution in [0.25, 0.3) is 0 Å². The molecule has 1 aromatic heterocycles. The van der Waals surface area contributed by atoms with Crippen molar-refractivity contribution in [1.29, 1.82) is 0 Å². The SMILES string of the molecule is CCn1ncc(Nc2ccc(OCCN)cc2)c(Cl)c1=O. The van der Waals surface area contributed by atoms with E-state index in [4.69, 9.17) is 22.1 Å². The third-order valence-corrected chi connectivity index (χ3v) is 3.17. The summed E-state index contributed by atoms with van der Waals surface area (Å²) in [6.07, 6.45) is 1.53. The molecule has 7 heteroatoms. The van der Waals surface area contributed by atoms with E-state index in [1.165, 1.54) is 10.9 Å². The van der Waals surface area contributed by atoms with Gasteiger partial charge in [0.2, 0.25) is 0 Å². The minimum atomic E-state index is -0.313. The van der Waals surface area contributed by atoms with Gasteiger partial charge in [-0.15, -0.1) is 0 Å². The summed E-state index contributed by atoms with van der Waals surface area (Å²) in [5.74, 6) is 0.733. The lowest BCUT2D eigenvalue weighted by atomic mass is 10.3. The molecular weight excluding hydrogens is 292 g/mol. The van der Waals surface area contributed by atoms with E-state index in [0.717, 1.165) is 11.4 Å². The third-order valence-electron chi connectivity index (χ3n) is 2.80. The quantitative estimate of drug-likeness (QED) is 0.853. The number of nitrogens with two attached hydrogens (primary N) is 1. The zero-order chi connectivity index (χ0) is 15.2. The summed E-state index contributed by atoms with van der Waals surface area (Å²) < 4.78 is 6.69. The maximum absolute atomic E-state index is 11.9. The Morgan fingerprint density at radius 1 is 1.38 bits per heavy atom. The van der Waals surface area contributed by atoms with Crippen molar-refractivity contribution in [1.82, 2.24) is 9.78 Å². The van der Waals surface area contributed by atoms with Gasteiger partial charge in [-0.1, -0.05) is 11.6 Å². The van der Waals surface area contributed by atoms with Gasteiger partial charge in [0.1, 0.15) is 17.4 Å². The van der Waals surface area contributed by atoms with E-state index >= 15 is 0 Å². The summed E-state index contributed by atoms with van der Waals surface area (Å²) in [4.78, 5) is 11.9. The lowest BCUT2D eigenvalue weighted by Crippen LogP contribution is -2.22. The van der Waals surface area contributed by atoms with Gasteiger partial charge in [-0.25, -0.2) is 4.68 Å². The largest absolute Gasteiger partial charge is 0.492 e. The first-order valence-electron chi connectivity index (χ1n) is 6.61. The smallest absolute Gasteiger partial charge is 0.287 e. The van der Waals surface area contributed by atoms with Crippen molar-refractivity contribution in [2.75, 3.05) is 18.5 Å². The Hall–Kier alpha value is -2.05. The van der Waals surface area contributed by atoms with Gasteiger partial charge in [-0.3, -0.25) is 4.79 Å². The second-order valence-electron chi connectivity index (χ2n) is 4.28. The van der Waals surface area contributed by atoms with E-state index in [9.17, 15) is 4.79 Å². The summed E-state index contributed by atoms with van der Waals surface area (Å²) in [7, 11) is 0. The molecule has 0 radical (unpaired) electrons. The summed E-state index contributed by atoms with van der Waals surface area (Å²) in [5, 5.41) is 7.21. The molecule has 1 heterocycles. The Labute approximate surface area is 127 Å². The molecule has 0 aliphatic rings. The lowest BCUT2D eigenvalue weighted by Gasteiger charge is -2.10. The van der Waals surface area contributed by atoms with E-state index < -0.39 is 0 Å². The number of nitrogens with one attached hydrogen (secondary N) is 1. The molecular formula is C14H17ClN4O2. The van der Waals surface area contributed by atoms with Crippen LogP contribution in [0.5, 0.6) is 5.75 Å². The van der Waals surface area contributed by atoms with E-state index in [1.807, 2.05) is 31.2 Å². The molecule has 0 aliphatic carbocycles. The van der Waals surface area contributed by atoms with Gasteiger partial charge in [-0.2, -0.15) is 5.10 Å². The Kier molecular flexibility index (Phi) is 5.19. The number of aryl methyl sites for hydroxylation is 1. The molecule has 0 fully saturated rings. The molecule has 1 aromatic carbocycles. The van der Waals surface area contributed by atoms with Crippen molar-refractivity contribution in [2.45, 2.75) is 13.5 Å². The van der Waals surface area contributed by atoms with Gasteiger partial charge in [0.05, 0.1) is 11.9 Å². The van der Waals surface area contributed by atoms with Crippen LogP contribution >= 0.6 is 11.6 Å². The monoisotopic (exact) mass is 308 g/mol. The topological polar surface area (TPSA) is 82.2 Å². The highest BCUT2D eigenvalue weighted by Crippen LogP contribution is 2.23. The van der Waals surface area contributed by atoms with E-state index in [2.05, 4.69) is 10.4 Å². The van der Waals surface area contributed by atoms with E-state index in [0.29, 0.717) is 25.4 Å². The predicted molar refractivity (Wildman–Crippen MR) is 83.5 cm³/mol. The summed E-state index contributed by atoms with van der Waals surface area (Å²) in [5.41, 5.74) is 6.32. The van der Waals surface area contributed by atoms with Crippen molar-refractivity contribution in [3.63, 3.8) is 0 Å². The number of nitrogens with zero attached hydrogens (tertiary/aromatic N) is 2. The van der Waals surface area contributed by atoms with Crippen LogP contribution in [-0.2, 0) is 6.54 Å². The molecule has 0 bridgehead atoms. The van der Waals surface area contributed by atoms with Crippen LogP contribution in [0.2, 0.25) is 5.02 Å². The van der Waals surface area contributed by atoms with Crippen LogP contribution in [0.4, 0.5) is 11.4 Å². The fraction of sp³-hybridized carbons (Fsp3) is 0.286. The Morgan fingerprint density at radius 2 is 2.10 bits per heavy atom. The van der Waals surface area contributed by atoms with Crippen LogP contribution in [0.3, 0.4) is 0 Å². The highest BCUT2D eigenvalue weighted by Gasteiger charge is 2.08. The molecule has 0 saturated carbocycles. The Balaban J connectivity index is 2.15. The highest BCUT2D eigenvalue weighted by molar-refractivity contribution is 6.33. The second-order valence-corrected chi connectivity index (χ2v) is 4.66. The van der Waals surface area contributed by atoms with Crippen LogP contribution in [0.15, 0.2) is 35.3 Å². The molecule has 0 atom stereocenters. The minimum Gasteiger partial charge on any atom is -0.492 e. The highest BCUT2D eigenvalue weighted by atomic mass is 35.5. The molecule has 6 nitrogen and oxygen atoms in total. The van der Waals surface area contributed by atoms with Gasteiger partial charge in [0.25, 0.3) is 5.56 Å². The number of rotatable bonds is 6. The number of hydrogen-bond donors (Lipinski definition) is 2. The minimum absolute atomic E-state index is 0.121. The first kappa shape index (κ1) is 15.3. The third kappa shape index (κ3) is 3.74. The number of ether oxygens (including phenoxy) is 1. The zero-order valence-corrected chi connectivity index (χ0v) is 12.4. The summed E-state index contributed by atoms with van der Waals surface area (Å²) >= 11 is 6.05. The van der Waals surface area contributed by atoms with Crippen molar-refractivity contribution in [2.24, 2.45) is 5.73 Å². The average molecular weight is 309 g/mol. The Morgan fingerprint density at radius 3 is 2.71 bits per heavy atom. The number of anilines is 2. The Bertz CT molecular complexity index is 655. The maximum atomic E-state index is 11.9. The van der Waals surface area contributed by atoms with Gasteiger partial charge >= 0.3 is 0 Å². The predicted octanol–water partition coefficient (Wildman–Crippen LogP) is 2.00. The number of halogens is 1. The van der Waals surface area contributed by atoms with Crippen LogP contribution in [0, 0.1) is 0 Å². The van der Waals surface area contributed by atoms with Crippen molar-refractivity contribution >= 4 is 23.0 Å². The molecule has 21 heavy (non-hydrogen) atoms. The van der Waals surface area contributed by atoms with Crippen molar-refractivity contribution in [3.8, 4) is 5.75 Å². The van der Waals surface area contributed by atoms with Gasteiger partial charge in [-0.05, 0) is 31.2 Å². The molecule has 0 saturated heterocycles. The normalized spacial score (nSPS) is 10.4. The van der Waals surface area contributed by atoms with Crippen LogP contribution in [0.1, 0.15) is 6.92 Å². The number of aromatic nitrogens is 2. The molecule has 112 valence electrons. The summed E-state index contributed by atoms with van der Waals surface area (Å²) in [6, 6.07) is 7.28. The molecule has 3 N–H and O–H groups in total. The number of hydrogen-bond acceptors (Lipinski definition) is 5. The fourth-order valence-electron chi connectivity index (χ4n) is 1.74. The lowest BCUT2D eigenvalue weighted by molar-refractivity contribution is 0.328.